The molecular weight excluding hydrogens is 741 g/mol. The number of hydrogen-bond acceptors (Lipinski definition) is 12. The number of sulfonamides is 1. The minimum atomic E-state index is -3.74. The van der Waals surface area contributed by atoms with Crippen LogP contribution in [-0.2, 0) is 49.8 Å². The molecule has 0 bridgehead atoms. The lowest BCUT2D eigenvalue weighted by atomic mass is 9.85. The predicted molar refractivity (Wildman–Crippen MR) is 195 cm³/mol. The average Bonchev–Trinajstić information content (AvgIpc) is 3.12. The maximum Gasteiger partial charge on any atom is 0.252 e. The van der Waals surface area contributed by atoms with E-state index in [2.05, 4.69) is 14.9 Å². The summed E-state index contributed by atoms with van der Waals surface area (Å²) in [5.74, 6) is -1.52. The SMILES string of the molecule is CCOCCOCCCC(=O)C(O)C(O)C(=O)NCCOCCOCCOCCNS(=O)(=O)c1ccc([C@H]2CN(C)Cc3c(Cl)cc(Cl)cc32)cc1. The molecule has 3 atom stereocenters. The van der Waals surface area contributed by atoms with Gasteiger partial charge in [0.2, 0.25) is 10.0 Å². The third-order valence-electron chi connectivity index (χ3n) is 8.10. The Morgan fingerprint density at radius 1 is 0.865 bits per heavy atom. The van der Waals surface area contributed by atoms with Crippen molar-refractivity contribution < 1.29 is 51.9 Å². The van der Waals surface area contributed by atoms with E-state index in [0.717, 1.165) is 23.2 Å². The Bertz CT molecular complexity index is 1500. The molecule has 1 aliphatic heterocycles. The second kappa shape index (κ2) is 23.5. The number of amides is 1. The second-order valence-electron chi connectivity index (χ2n) is 12.1. The van der Waals surface area contributed by atoms with Crippen molar-refractivity contribution in [3.63, 3.8) is 0 Å². The fourth-order valence-corrected chi connectivity index (χ4v) is 7.00. The number of fused-ring (bicyclic) bond motifs is 1. The third-order valence-corrected chi connectivity index (χ3v) is 10.1. The number of rotatable bonds is 26. The van der Waals surface area contributed by atoms with Crippen LogP contribution >= 0.6 is 23.2 Å². The highest BCUT2D eigenvalue weighted by atomic mass is 35.5. The normalized spacial score (nSPS) is 16.0. The van der Waals surface area contributed by atoms with Crippen LogP contribution in [0.15, 0.2) is 41.3 Å². The van der Waals surface area contributed by atoms with Crippen LogP contribution in [-0.4, -0.2) is 140 Å². The standard InChI is InChI=1S/C35H51Cl2N3O11S/c1-3-47-15-16-48-12-4-5-32(41)33(42)34(43)35(44)38-10-13-49-17-19-51-20-18-50-14-11-39-52(45,46)27-8-6-25(7-9-27)29-23-40(2)24-30-28(29)21-26(36)22-31(30)37/h6-9,21-22,29,33-34,39,42-43H,3-5,10-20,23-24H2,1-2H3,(H,38,44)/t29-,33?,34?/m1/s1. The smallest absolute Gasteiger partial charge is 0.252 e. The molecule has 14 nitrogen and oxygen atoms in total. The van der Waals surface area contributed by atoms with E-state index in [4.69, 9.17) is 46.9 Å². The van der Waals surface area contributed by atoms with Crippen molar-refractivity contribution >= 4 is 44.9 Å². The maximum absolute atomic E-state index is 12.8. The molecule has 292 valence electrons. The fourth-order valence-electron chi connectivity index (χ4n) is 5.41. The van der Waals surface area contributed by atoms with Crippen molar-refractivity contribution in [3.8, 4) is 0 Å². The first-order valence-corrected chi connectivity index (χ1v) is 19.5. The predicted octanol–water partition coefficient (Wildman–Crippen LogP) is 2.14. The second-order valence-corrected chi connectivity index (χ2v) is 14.7. The summed E-state index contributed by atoms with van der Waals surface area (Å²) in [7, 11) is -1.72. The lowest BCUT2D eigenvalue weighted by molar-refractivity contribution is -0.145. The van der Waals surface area contributed by atoms with E-state index in [9.17, 15) is 28.2 Å². The number of carbonyl (C=O) groups is 2. The van der Waals surface area contributed by atoms with E-state index in [1.165, 1.54) is 0 Å². The molecule has 3 rings (SSSR count). The van der Waals surface area contributed by atoms with Gasteiger partial charge in [0.05, 0.1) is 57.8 Å². The van der Waals surface area contributed by atoms with Crippen molar-refractivity contribution in [2.75, 3.05) is 92.8 Å². The Hall–Kier alpha value is -2.25. The van der Waals surface area contributed by atoms with Gasteiger partial charge in [0.25, 0.3) is 5.91 Å². The molecule has 0 saturated heterocycles. The highest BCUT2D eigenvalue weighted by Crippen LogP contribution is 2.38. The number of likely N-dealkylation sites (N-methyl/N-ethyl adjacent to an activating group) is 1. The summed E-state index contributed by atoms with van der Waals surface area (Å²) in [5, 5.41) is 23.5. The topological polar surface area (TPSA) is 182 Å². The van der Waals surface area contributed by atoms with E-state index in [-0.39, 0.29) is 70.0 Å². The van der Waals surface area contributed by atoms with Gasteiger partial charge in [0, 0.05) is 61.8 Å². The molecule has 4 N–H and O–H groups in total. The van der Waals surface area contributed by atoms with Gasteiger partial charge in [0.15, 0.2) is 11.9 Å². The number of hydrogen-bond donors (Lipinski definition) is 4. The Kier molecular flexibility index (Phi) is 20.0. The largest absolute Gasteiger partial charge is 0.382 e. The summed E-state index contributed by atoms with van der Waals surface area (Å²) >= 11 is 12.8. The Labute approximate surface area is 316 Å². The van der Waals surface area contributed by atoms with Gasteiger partial charge in [-0.3, -0.25) is 9.59 Å². The Balaban J connectivity index is 1.21. The molecule has 1 heterocycles. The van der Waals surface area contributed by atoms with Crippen LogP contribution in [0, 0.1) is 0 Å². The zero-order chi connectivity index (χ0) is 37.9. The number of nitrogens with one attached hydrogen (secondary N) is 2. The number of aliphatic hydroxyl groups excluding tert-OH is 2. The summed E-state index contributed by atoms with van der Waals surface area (Å²) in [4.78, 5) is 26.4. The first kappa shape index (κ1) is 44.1. The van der Waals surface area contributed by atoms with Crippen molar-refractivity contribution in [1.29, 1.82) is 0 Å². The van der Waals surface area contributed by atoms with Gasteiger partial charge in [-0.25, -0.2) is 13.1 Å². The summed E-state index contributed by atoms with van der Waals surface area (Å²) in [6.45, 7) is 6.50. The van der Waals surface area contributed by atoms with Crippen LogP contribution in [0.5, 0.6) is 0 Å². The summed E-state index contributed by atoms with van der Waals surface area (Å²) in [6, 6.07) is 10.5. The molecule has 1 aliphatic rings. The maximum atomic E-state index is 12.8. The average molecular weight is 793 g/mol. The van der Waals surface area contributed by atoms with Gasteiger partial charge in [-0.1, -0.05) is 35.3 Å². The fraction of sp³-hybridized carbons (Fsp3) is 0.600. The Morgan fingerprint density at radius 2 is 1.46 bits per heavy atom. The summed E-state index contributed by atoms with van der Waals surface area (Å²) in [5.41, 5.74) is 3.04. The molecule has 1 amide bonds. The first-order chi connectivity index (χ1) is 24.9. The van der Waals surface area contributed by atoms with Gasteiger partial charge in [0.1, 0.15) is 6.10 Å². The molecule has 2 aromatic carbocycles. The van der Waals surface area contributed by atoms with Crippen LogP contribution in [0.4, 0.5) is 0 Å². The number of ketones is 1. The van der Waals surface area contributed by atoms with Crippen molar-refractivity contribution in [3.05, 3.63) is 63.1 Å². The van der Waals surface area contributed by atoms with E-state index in [1.54, 1.807) is 18.2 Å². The van der Waals surface area contributed by atoms with Crippen LogP contribution in [0.3, 0.4) is 0 Å². The monoisotopic (exact) mass is 791 g/mol. The van der Waals surface area contributed by atoms with E-state index >= 15 is 0 Å². The van der Waals surface area contributed by atoms with Crippen LogP contribution in [0.1, 0.15) is 42.4 Å². The zero-order valence-electron chi connectivity index (χ0n) is 29.7. The Morgan fingerprint density at radius 3 is 2.12 bits per heavy atom. The van der Waals surface area contributed by atoms with Gasteiger partial charge in [-0.2, -0.15) is 0 Å². The molecule has 0 spiro atoms. The molecular formula is C35H51Cl2N3O11S. The van der Waals surface area contributed by atoms with Crippen LogP contribution in [0.25, 0.3) is 0 Å². The van der Waals surface area contributed by atoms with Crippen molar-refractivity contribution in [1.82, 2.24) is 14.9 Å². The minimum absolute atomic E-state index is 0.00274. The zero-order valence-corrected chi connectivity index (χ0v) is 32.0. The molecule has 17 heteroatoms. The molecule has 0 aromatic heterocycles. The molecule has 0 aliphatic carbocycles. The molecule has 2 unspecified atom stereocenters. The molecule has 52 heavy (non-hydrogen) atoms. The number of benzene rings is 2. The van der Waals surface area contributed by atoms with E-state index in [0.29, 0.717) is 49.4 Å². The van der Waals surface area contributed by atoms with Crippen LogP contribution in [0.2, 0.25) is 10.0 Å². The number of halogens is 2. The number of ether oxygens (including phenoxy) is 5. The minimum Gasteiger partial charge on any atom is -0.382 e. The lowest BCUT2D eigenvalue weighted by Crippen LogP contribution is -2.46. The van der Waals surface area contributed by atoms with Gasteiger partial charge >= 0.3 is 0 Å². The molecule has 0 radical (unpaired) electrons. The lowest BCUT2D eigenvalue weighted by Gasteiger charge is -2.33. The highest BCUT2D eigenvalue weighted by Gasteiger charge is 2.30. The van der Waals surface area contributed by atoms with E-state index in [1.807, 2.05) is 32.2 Å². The quantitative estimate of drug-likeness (QED) is 0.102. The molecule has 0 fully saturated rings. The third kappa shape index (κ3) is 14.9. The molecule has 2 aromatic rings. The first-order valence-electron chi connectivity index (χ1n) is 17.3. The van der Waals surface area contributed by atoms with Gasteiger partial charge < -0.3 is 44.1 Å². The van der Waals surface area contributed by atoms with E-state index < -0.39 is 33.9 Å². The van der Waals surface area contributed by atoms with Gasteiger partial charge in [-0.05, 0) is 61.3 Å². The van der Waals surface area contributed by atoms with Crippen molar-refractivity contribution in [2.24, 2.45) is 0 Å². The number of nitrogens with zero attached hydrogens (tertiary/aromatic N) is 1. The molecule has 0 saturated carbocycles. The number of carbonyl (C=O) groups excluding carboxylic acids is 2. The highest BCUT2D eigenvalue weighted by molar-refractivity contribution is 7.89. The summed E-state index contributed by atoms with van der Waals surface area (Å²) < 4.78 is 54.9. The number of aliphatic hydroxyl groups is 2. The van der Waals surface area contributed by atoms with Crippen LogP contribution < -0.4 is 10.0 Å². The van der Waals surface area contributed by atoms with Crippen molar-refractivity contribution in [2.45, 2.75) is 49.3 Å². The summed E-state index contributed by atoms with van der Waals surface area (Å²) in [6.07, 6.45) is -3.40. The van der Waals surface area contributed by atoms with Gasteiger partial charge in [-0.15, -0.1) is 0 Å². The number of Topliss-reactive ketones (excluding diaryl/α,β-unsaturated/α-hetero) is 1.